The van der Waals surface area contributed by atoms with E-state index in [1.54, 1.807) is 6.08 Å². The van der Waals surface area contributed by atoms with Crippen molar-refractivity contribution in [3.8, 4) is 11.4 Å². The smallest absolute Gasteiger partial charge is 0.328 e. The molecule has 0 aliphatic heterocycles. The van der Waals surface area contributed by atoms with E-state index in [9.17, 15) is 4.79 Å². The normalized spacial score (nSPS) is 11.2. The van der Waals surface area contributed by atoms with Crippen LogP contribution in [0.3, 0.4) is 0 Å². The van der Waals surface area contributed by atoms with Crippen LogP contribution < -0.4 is 0 Å². The van der Waals surface area contributed by atoms with E-state index in [0.717, 1.165) is 34.1 Å². The summed E-state index contributed by atoms with van der Waals surface area (Å²) in [4.78, 5) is 18.3. The molecule has 0 aliphatic carbocycles. The van der Waals surface area contributed by atoms with Crippen LogP contribution in [0.1, 0.15) is 5.56 Å². The van der Waals surface area contributed by atoms with Crippen molar-refractivity contribution in [2.75, 3.05) is 0 Å². The number of hydrogen-bond acceptors (Lipinski definition) is 2. The molecule has 2 N–H and O–H groups in total. The molecule has 4 heteroatoms. The van der Waals surface area contributed by atoms with Crippen LogP contribution >= 0.6 is 0 Å². The molecular formula is C16H12N2O2. The summed E-state index contributed by atoms with van der Waals surface area (Å²) in [5.41, 5.74) is 3.59. The number of carboxylic acid groups (broad SMARTS) is 1. The topological polar surface area (TPSA) is 66.0 Å². The second kappa shape index (κ2) is 5.01. The van der Waals surface area contributed by atoms with Gasteiger partial charge >= 0.3 is 5.97 Å². The number of hydrogen-bond donors (Lipinski definition) is 2. The number of carbonyl (C=O) groups is 1. The quantitative estimate of drug-likeness (QED) is 0.713. The summed E-state index contributed by atoms with van der Waals surface area (Å²) in [7, 11) is 0. The molecule has 0 fully saturated rings. The highest BCUT2D eigenvalue weighted by Crippen LogP contribution is 2.21. The van der Waals surface area contributed by atoms with Gasteiger partial charge in [0, 0.05) is 11.6 Å². The Kier molecular flexibility index (Phi) is 3.05. The molecule has 1 heterocycles. The number of H-pyrrole nitrogens is 1. The number of carboxylic acids is 1. The minimum absolute atomic E-state index is 0.806. The molecule has 0 bridgehead atoms. The standard InChI is InChI=1S/C16H12N2O2/c19-15(20)9-7-11-6-8-13-14(10-11)18-16(17-13)12-4-2-1-3-5-12/h1-10H,(H,17,18)(H,19,20)/b9-7+. The van der Waals surface area contributed by atoms with Crippen LogP contribution in [0.4, 0.5) is 0 Å². The number of nitrogens with one attached hydrogen (secondary N) is 1. The number of aliphatic carboxylic acids is 1. The minimum atomic E-state index is -0.959. The number of benzene rings is 2. The molecule has 2 aromatic carbocycles. The van der Waals surface area contributed by atoms with Crippen LogP contribution in [0.25, 0.3) is 28.5 Å². The second-order valence-electron chi connectivity index (χ2n) is 4.40. The summed E-state index contributed by atoms with van der Waals surface area (Å²) in [5, 5.41) is 8.63. The van der Waals surface area contributed by atoms with Gasteiger partial charge in [0.05, 0.1) is 11.0 Å². The van der Waals surface area contributed by atoms with E-state index in [2.05, 4.69) is 9.97 Å². The summed E-state index contributed by atoms with van der Waals surface area (Å²) in [6, 6.07) is 15.5. The molecule has 20 heavy (non-hydrogen) atoms. The first-order valence-corrected chi connectivity index (χ1v) is 6.18. The highest BCUT2D eigenvalue weighted by atomic mass is 16.4. The number of aromatic amines is 1. The van der Waals surface area contributed by atoms with E-state index in [1.807, 2.05) is 48.5 Å². The molecule has 0 unspecified atom stereocenters. The maximum Gasteiger partial charge on any atom is 0.328 e. The van der Waals surface area contributed by atoms with Gasteiger partial charge in [-0.1, -0.05) is 36.4 Å². The predicted octanol–water partition coefficient (Wildman–Crippen LogP) is 3.33. The summed E-state index contributed by atoms with van der Waals surface area (Å²) in [6.45, 7) is 0. The van der Waals surface area contributed by atoms with Crippen LogP contribution in [0.2, 0.25) is 0 Å². The number of rotatable bonds is 3. The highest BCUT2D eigenvalue weighted by molar-refractivity contribution is 5.87. The van der Waals surface area contributed by atoms with Crippen molar-refractivity contribution in [1.29, 1.82) is 0 Å². The lowest BCUT2D eigenvalue weighted by atomic mass is 10.2. The van der Waals surface area contributed by atoms with Crippen molar-refractivity contribution in [1.82, 2.24) is 9.97 Å². The molecule has 3 aromatic rings. The number of fused-ring (bicyclic) bond motifs is 1. The summed E-state index contributed by atoms with van der Waals surface area (Å²) in [5.74, 6) is -0.153. The van der Waals surface area contributed by atoms with E-state index in [1.165, 1.54) is 0 Å². The molecule has 0 spiro atoms. The predicted molar refractivity (Wildman–Crippen MR) is 78.2 cm³/mol. The van der Waals surface area contributed by atoms with Crippen molar-refractivity contribution in [3.05, 3.63) is 60.2 Å². The highest BCUT2D eigenvalue weighted by Gasteiger charge is 2.04. The zero-order valence-corrected chi connectivity index (χ0v) is 10.6. The van der Waals surface area contributed by atoms with Gasteiger partial charge in [0.1, 0.15) is 5.82 Å². The van der Waals surface area contributed by atoms with Gasteiger partial charge in [-0.15, -0.1) is 0 Å². The molecule has 0 aliphatic rings. The average Bonchev–Trinajstić information content (AvgIpc) is 2.89. The first-order valence-electron chi connectivity index (χ1n) is 6.18. The van der Waals surface area contributed by atoms with Gasteiger partial charge in [0.2, 0.25) is 0 Å². The van der Waals surface area contributed by atoms with Gasteiger partial charge in [0.25, 0.3) is 0 Å². The Bertz CT molecular complexity index is 789. The summed E-state index contributed by atoms with van der Waals surface area (Å²) in [6.07, 6.45) is 2.68. The fourth-order valence-electron chi connectivity index (χ4n) is 2.03. The van der Waals surface area contributed by atoms with Crippen LogP contribution in [0, 0.1) is 0 Å². The third-order valence-electron chi connectivity index (χ3n) is 2.97. The molecule has 98 valence electrons. The summed E-state index contributed by atoms with van der Waals surface area (Å²) >= 11 is 0. The largest absolute Gasteiger partial charge is 0.478 e. The molecule has 0 radical (unpaired) electrons. The lowest BCUT2D eigenvalue weighted by molar-refractivity contribution is -0.131. The van der Waals surface area contributed by atoms with Gasteiger partial charge < -0.3 is 10.1 Å². The minimum Gasteiger partial charge on any atom is -0.478 e. The Hall–Kier alpha value is -2.88. The van der Waals surface area contributed by atoms with Gasteiger partial charge in [-0.05, 0) is 23.8 Å². The van der Waals surface area contributed by atoms with Crippen molar-refractivity contribution in [3.63, 3.8) is 0 Å². The van der Waals surface area contributed by atoms with E-state index < -0.39 is 5.97 Å². The molecule has 0 saturated heterocycles. The summed E-state index contributed by atoms with van der Waals surface area (Å²) < 4.78 is 0. The fraction of sp³-hybridized carbons (Fsp3) is 0. The van der Waals surface area contributed by atoms with Crippen molar-refractivity contribution in [2.45, 2.75) is 0 Å². The van der Waals surface area contributed by atoms with Gasteiger partial charge in [-0.3, -0.25) is 0 Å². The first kappa shape index (κ1) is 12.2. The average molecular weight is 264 g/mol. The molecule has 1 aromatic heterocycles. The first-order chi connectivity index (χ1) is 9.72. The van der Waals surface area contributed by atoms with E-state index in [4.69, 9.17) is 5.11 Å². The molecule has 4 nitrogen and oxygen atoms in total. The van der Waals surface area contributed by atoms with E-state index >= 15 is 0 Å². The van der Waals surface area contributed by atoms with Crippen LogP contribution in [-0.4, -0.2) is 21.0 Å². The molecule has 0 atom stereocenters. The Morgan fingerprint density at radius 2 is 1.95 bits per heavy atom. The second-order valence-corrected chi connectivity index (χ2v) is 4.40. The Balaban J connectivity index is 2.02. The monoisotopic (exact) mass is 264 g/mol. The molecular weight excluding hydrogens is 252 g/mol. The number of aromatic nitrogens is 2. The zero-order valence-electron chi connectivity index (χ0n) is 10.6. The van der Waals surface area contributed by atoms with Crippen LogP contribution in [0.5, 0.6) is 0 Å². The lowest BCUT2D eigenvalue weighted by Gasteiger charge is -1.93. The van der Waals surface area contributed by atoms with Gasteiger partial charge in [0.15, 0.2) is 0 Å². The third-order valence-corrected chi connectivity index (χ3v) is 2.97. The fourth-order valence-corrected chi connectivity index (χ4v) is 2.03. The van der Waals surface area contributed by atoms with Crippen molar-refractivity contribution >= 4 is 23.1 Å². The van der Waals surface area contributed by atoms with E-state index in [-0.39, 0.29) is 0 Å². The number of nitrogens with zero attached hydrogens (tertiary/aromatic N) is 1. The van der Waals surface area contributed by atoms with Gasteiger partial charge in [-0.25, -0.2) is 9.78 Å². The Labute approximate surface area is 115 Å². The molecule has 0 amide bonds. The number of imidazole rings is 1. The zero-order chi connectivity index (χ0) is 13.9. The molecule has 0 saturated carbocycles. The third kappa shape index (κ3) is 2.44. The molecule has 3 rings (SSSR count). The van der Waals surface area contributed by atoms with E-state index in [0.29, 0.717) is 0 Å². The van der Waals surface area contributed by atoms with Crippen LogP contribution in [0.15, 0.2) is 54.6 Å². The van der Waals surface area contributed by atoms with Crippen molar-refractivity contribution in [2.24, 2.45) is 0 Å². The van der Waals surface area contributed by atoms with Gasteiger partial charge in [-0.2, -0.15) is 0 Å². The maximum atomic E-state index is 10.5. The SMILES string of the molecule is O=C(O)/C=C/c1ccc2nc(-c3ccccc3)[nH]c2c1. The Morgan fingerprint density at radius 3 is 2.70 bits per heavy atom. The maximum absolute atomic E-state index is 10.5. The lowest BCUT2D eigenvalue weighted by Crippen LogP contribution is -1.85. The van der Waals surface area contributed by atoms with Crippen molar-refractivity contribution < 1.29 is 9.90 Å². The Morgan fingerprint density at radius 1 is 1.15 bits per heavy atom. The van der Waals surface area contributed by atoms with Crippen LogP contribution in [-0.2, 0) is 4.79 Å².